The average molecular weight is 391 g/mol. The molecule has 0 aliphatic heterocycles. The van der Waals surface area contributed by atoms with Gasteiger partial charge >= 0.3 is 0 Å². The van der Waals surface area contributed by atoms with Crippen LogP contribution in [-0.2, 0) is 4.79 Å². The Kier molecular flexibility index (Phi) is 8.08. The van der Waals surface area contributed by atoms with Crippen LogP contribution in [0.1, 0.15) is 57.1 Å². The average Bonchev–Trinajstić information content (AvgIpc) is 2.67. The van der Waals surface area contributed by atoms with Crippen molar-refractivity contribution < 1.29 is 9.90 Å². The van der Waals surface area contributed by atoms with E-state index in [0.717, 1.165) is 30.2 Å². The van der Waals surface area contributed by atoms with Crippen LogP contribution in [-0.4, -0.2) is 23.2 Å². The van der Waals surface area contributed by atoms with Crippen molar-refractivity contribution in [1.29, 1.82) is 0 Å². The first-order chi connectivity index (χ1) is 12.5. The van der Waals surface area contributed by atoms with Gasteiger partial charge in [-0.25, -0.2) is 0 Å². The minimum absolute atomic E-state index is 0. The number of nitrogens with one attached hydrogen (secondary N) is 1. The topological polar surface area (TPSA) is 75.3 Å². The minimum atomic E-state index is -1.15. The molecule has 0 heterocycles. The second-order valence-electron chi connectivity index (χ2n) is 7.69. The van der Waals surface area contributed by atoms with Crippen LogP contribution in [0.5, 0.6) is 0 Å². The van der Waals surface area contributed by atoms with Crippen molar-refractivity contribution in [2.24, 2.45) is 11.7 Å². The summed E-state index contributed by atoms with van der Waals surface area (Å²) in [5.74, 6) is 0.160. The highest BCUT2D eigenvalue weighted by atomic mass is 35.5. The maximum Gasteiger partial charge on any atom is 0.250 e. The fourth-order valence-corrected chi connectivity index (χ4v) is 3.99. The minimum Gasteiger partial charge on any atom is -0.382 e. The largest absolute Gasteiger partial charge is 0.382 e. The standard InChI is InChI=1S/C22H30N2O2.ClH/c1-15(18-12-11-17-9-5-6-10-19(17)14-18)24-22(26)21(25)20(23)13-16-7-3-2-4-8-16;/h5-6,9-12,14-16,20-21,25H,2-4,7-8,13,23H2,1H3,(H,24,26);1H/t15-,20-,21?;/m1./s1. The molecule has 2 aromatic carbocycles. The van der Waals surface area contributed by atoms with E-state index in [1.54, 1.807) is 0 Å². The number of amides is 1. The zero-order chi connectivity index (χ0) is 18.5. The fourth-order valence-electron chi connectivity index (χ4n) is 3.99. The molecular formula is C22H31ClN2O2. The van der Waals surface area contributed by atoms with Gasteiger partial charge in [0, 0.05) is 6.04 Å². The maximum atomic E-state index is 12.4. The molecule has 1 aliphatic rings. The molecule has 0 spiro atoms. The Morgan fingerprint density at radius 2 is 1.81 bits per heavy atom. The van der Waals surface area contributed by atoms with Gasteiger partial charge in [0.2, 0.25) is 0 Å². The van der Waals surface area contributed by atoms with Crippen LogP contribution in [0.15, 0.2) is 42.5 Å². The smallest absolute Gasteiger partial charge is 0.250 e. The number of rotatable bonds is 6. The van der Waals surface area contributed by atoms with Gasteiger partial charge in [0.15, 0.2) is 0 Å². The molecular weight excluding hydrogens is 360 g/mol. The molecule has 3 rings (SSSR count). The van der Waals surface area contributed by atoms with Gasteiger partial charge in [0.1, 0.15) is 6.10 Å². The quantitative estimate of drug-likeness (QED) is 0.695. The number of aliphatic hydroxyl groups excluding tert-OH is 1. The highest BCUT2D eigenvalue weighted by Crippen LogP contribution is 2.27. The van der Waals surface area contributed by atoms with Crippen molar-refractivity contribution in [3.8, 4) is 0 Å². The van der Waals surface area contributed by atoms with Gasteiger partial charge in [-0.05, 0) is 41.7 Å². The Bertz CT molecular complexity index is 746. The summed E-state index contributed by atoms with van der Waals surface area (Å²) in [7, 11) is 0. The highest BCUT2D eigenvalue weighted by molar-refractivity contribution is 5.85. The van der Waals surface area contributed by atoms with Crippen molar-refractivity contribution in [3.05, 3.63) is 48.0 Å². The SMILES string of the molecule is C[C@@H](NC(=O)C(O)[C@H](N)CC1CCCCC1)c1ccc2ccccc2c1.Cl. The van der Waals surface area contributed by atoms with Crippen LogP contribution in [0, 0.1) is 5.92 Å². The number of nitrogens with two attached hydrogens (primary N) is 1. The summed E-state index contributed by atoms with van der Waals surface area (Å²) in [6, 6.07) is 13.6. The third kappa shape index (κ3) is 5.68. The lowest BCUT2D eigenvalue weighted by Crippen LogP contribution is -2.47. The van der Waals surface area contributed by atoms with Gasteiger partial charge in [-0.15, -0.1) is 12.4 Å². The van der Waals surface area contributed by atoms with Crippen LogP contribution in [0.25, 0.3) is 10.8 Å². The fraction of sp³-hybridized carbons (Fsp3) is 0.500. The molecule has 0 bridgehead atoms. The Hall–Kier alpha value is -1.62. The first-order valence-corrected chi connectivity index (χ1v) is 9.77. The normalized spacial score (nSPS) is 18.3. The molecule has 4 N–H and O–H groups in total. The second-order valence-corrected chi connectivity index (χ2v) is 7.69. The molecule has 1 amide bonds. The molecule has 4 nitrogen and oxygen atoms in total. The van der Waals surface area contributed by atoms with Crippen molar-refractivity contribution >= 4 is 29.1 Å². The second kappa shape index (κ2) is 10.1. The number of halogens is 1. The van der Waals surface area contributed by atoms with Gasteiger partial charge in [-0.2, -0.15) is 0 Å². The number of carbonyl (C=O) groups excluding carboxylic acids is 1. The Balaban J connectivity index is 0.00000261. The zero-order valence-electron chi connectivity index (χ0n) is 15.9. The zero-order valence-corrected chi connectivity index (χ0v) is 16.8. The summed E-state index contributed by atoms with van der Waals surface area (Å²) < 4.78 is 0. The molecule has 27 heavy (non-hydrogen) atoms. The molecule has 0 radical (unpaired) electrons. The van der Waals surface area contributed by atoms with E-state index in [2.05, 4.69) is 29.6 Å². The van der Waals surface area contributed by atoms with E-state index in [1.165, 1.54) is 24.6 Å². The van der Waals surface area contributed by atoms with Crippen molar-refractivity contribution in [1.82, 2.24) is 5.32 Å². The van der Waals surface area contributed by atoms with Crippen molar-refractivity contribution in [2.75, 3.05) is 0 Å². The Morgan fingerprint density at radius 1 is 1.15 bits per heavy atom. The van der Waals surface area contributed by atoms with Gasteiger partial charge in [-0.3, -0.25) is 4.79 Å². The number of fused-ring (bicyclic) bond motifs is 1. The van der Waals surface area contributed by atoms with Gasteiger partial charge in [0.25, 0.3) is 5.91 Å². The molecule has 148 valence electrons. The third-order valence-electron chi connectivity index (χ3n) is 5.64. The predicted molar refractivity (Wildman–Crippen MR) is 113 cm³/mol. The van der Waals surface area contributed by atoms with Gasteiger partial charge in [-0.1, -0.05) is 68.5 Å². The summed E-state index contributed by atoms with van der Waals surface area (Å²) in [6.45, 7) is 1.93. The Morgan fingerprint density at radius 3 is 2.52 bits per heavy atom. The predicted octanol–water partition coefficient (Wildman–Crippen LogP) is 4.10. The van der Waals surface area contributed by atoms with Gasteiger partial charge < -0.3 is 16.2 Å². The molecule has 1 aliphatic carbocycles. The maximum absolute atomic E-state index is 12.4. The summed E-state index contributed by atoms with van der Waals surface area (Å²) >= 11 is 0. The number of carbonyl (C=O) groups is 1. The van der Waals surface area contributed by atoms with E-state index in [0.29, 0.717) is 5.92 Å². The molecule has 1 saturated carbocycles. The first-order valence-electron chi connectivity index (χ1n) is 9.77. The van der Waals surface area contributed by atoms with Gasteiger partial charge in [0.05, 0.1) is 6.04 Å². The number of aliphatic hydroxyl groups is 1. The van der Waals surface area contributed by atoms with Crippen molar-refractivity contribution in [2.45, 2.75) is 63.6 Å². The number of benzene rings is 2. The van der Waals surface area contributed by atoms with E-state index < -0.39 is 12.1 Å². The summed E-state index contributed by atoms with van der Waals surface area (Å²) in [5, 5.41) is 15.6. The molecule has 5 heteroatoms. The van der Waals surface area contributed by atoms with Crippen LogP contribution in [0.2, 0.25) is 0 Å². The highest BCUT2D eigenvalue weighted by Gasteiger charge is 2.27. The summed E-state index contributed by atoms with van der Waals surface area (Å²) in [6.07, 6.45) is 5.65. The molecule has 2 aromatic rings. The summed E-state index contributed by atoms with van der Waals surface area (Å²) in [4.78, 5) is 12.4. The summed E-state index contributed by atoms with van der Waals surface area (Å²) in [5.41, 5.74) is 7.15. The van der Waals surface area contributed by atoms with Crippen LogP contribution in [0.4, 0.5) is 0 Å². The molecule has 3 atom stereocenters. The number of hydrogen-bond acceptors (Lipinski definition) is 3. The Labute approximate surface area is 167 Å². The van der Waals surface area contributed by atoms with E-state index in [-0.39, 0.29) is 24.4 Å². The molecule has 1 unspecified atom stereocenters. The van der Waals surface area contributed by atoms with E-state index in [1.807, 2.05) is 25.1 Å². The first kappa shape index (κ1) is 21.7. The van der Waals surface area contributed by atoms with E-state index in [9.17, 15) is 9.90 Å². The number of hydrogen-bond donors (Lipinski definition) is 3. The lowest BCUT2D eigenvalue weighted by Gasteiger charge is -2.27. The third-order valence-corrected chi connectivity index (χ3v) is 5.64. The van der Waals surface area contributed by atoms with Crippen LogP contribution >= 0.6 is 12.4 Å². The van der Waals surface area contributed by atoms with E-state index in [4.69, 9.17) is 5.73 Å². The lowest BCUT2D eigenvalue weighted by atomic mass is 9.84. The monoisotopic (exact) mass is 390 g/mol. The molecule has 0 aromatic heterocycles. The van der Waals surface area contributed by atoms with Crippen LogP contribution < -0.4 is 11.1 Å². The lowest BCUT2D eigenvalue weighted by molar-refractivity contribution is -0.131. The van der Waals surface area contributed by atoms with E-state index >= 15 is 0 Å². The molecule has 0 saturated heterocycles. The molecule has 1 fully saturated rings. The van der Waals surface area contributed by atoms with Crippen molar-refractivity contribution in [3.63, 3.8) is 0 Å². The van der Waals surface area contributed by atoms with Crippen LogP contribution in [0.3, 0.4) is 0 Å².